The van der Waals surface area contributed by atoms with Crippen LogP contribution in [0.3, 0.4) is 0 Å². The second kappa shape index (κ2) is 7.33. The summed E-state index contributed by atoms with van der Waals surface area (Å²) in [5, 5.41) is 8.16. The van der Waals surface area contributed by atoms with Gasteiger partial charge in [0.25, 0.3) is 0 Å². The topological polar surface area (TPSA) is 78.3 Å². The fraction of sp³-hybridized carbons (Fsp3) is 0.261. The number of fused-ring (bicyclic) bond motifs is 1. The van der Waals surface area contributed by atoms with Crippen molar-refractivity contribution < 1.29 is 14.3 Å². The minimum Gasteiger partial charge on any atom is -0.497 e. The summed E-state index contributed by atoms with van der Waals surface area (Å²) in [5.74, 6) is 2.82. The summed E-state index contributed by atoms with van der Waals surface area (Å²) < 4.78 is 12.6. The van der Waals surface area contributed by atoms with E-state index in [1.165, 1.54) is 0 Å². The predicted molar refractivity (Wildman–Crippen MR) is 113 cm³/mol. The Kier molecular flexibility index (Phi) is 4.50. The number of carbonyl (C=O) groups is 1. The molecule has 0 saturated heterocycles. The van der Waals surface area contributed by atoms with Crippen molar-refractivity contribution in [2.75, 3.05) is 19.5 Å². The Labute approximate surface area is 174 Å². The molecular weight excluding hydrogens is 380 g/mol. The lowest BCUT2D eigenvalue weighted by Gasteiger charge is -2.32. The van der Waals surface area contributed by atoms with Gasteiger partial charge in [-0.15, -0.1) is 5.10 Å². The van der Waals surface area contributed by atoms with Crippen LogP contribution in [0.25, 0.3) is 11.4 Å². The molecule has 2 aliphatic rings. The van der Waals surface area contributed by atoms with Crippen molar-refractivity contribution in [2.24, 2.45) is 0 Å². The molecule has 0 bridgehead atoms. The number of hydrogen-bond acceptors (Lipinski definition) is 6. The summed E-state index contributed by atoms with van der Waals surface area (Å²) in [4.78, 5) is 17.7. The number of nitrogens with one attached hydrogen (secondary N) is 1. The van der Waals surface area contributed by atoms with Crippen LogP contribution in [0.2, 0.25) is 0 Å². The first kappa shape index (κ1) is 18.4. The fourth-order valence-corrected chi connectivity index (χ4v) is 4.19. The first-order valence-electron chi connectivity index (χ1n) is 9.96. The van der Waals surface area contributed by atoms with E-state index in [-0.39, 0.29) is 11.8 Å². The number of carbonyl (C=O) groups excluding carboxylic acids is 1. The molecule has 3 aromatic rings. The van der Waals surface area contributed by atoms with Gasteiger partial charge in [0.05, 0.1) is 19.8 Å². The fourth-order valence-electron chi connectivity index (χ4n) is 4.19. The molecule has 5 rings (SSSR count). The van der Waals surface area contributed by atoms with Crippen LogP contribution >= 0.6 is 0 Å². The van der Waals surface area contributed by atoms with Crippen LogP contribution in [0.15, 0.2) is 59.8 Å². The summed E-state index contributed by atoms with van der Waals surface area (Å²) in [7, 11) is 3.27. The van der Waals surface area contributed by atoms with E-state index < -0.39 is 0 Å². The molecule has 0 amide bonds. The minimum atomic E-state index is -0.328. The number of para-hydroxylation sites is 1. The number of benzene rings is 2. The Morgan fingerprint density at radius 3 is 2.60 bits per heavy atom. The predicted octanol–water partition coefficient (Wildman–Crippen LogP) is 3.98. The smallest absolute Gasteiger partial charge is 0.226 e. The molecule has 0 unspecified atom stereocenters. The number of hydrogen-bond donors (Lipinski definition) is 1. The van der Waals surface area contributed by atoms with Crippen LogP contribution < -0.4 is 14.8 Å². The average Bonchev–Trinajstić information content (AvgIpc) is 3.21. The third-order valence-electron chi connectivity index (χ3n) is 5.65. The third-order valence-corrected chi connectivity index (χ3v) is 5.65. The Morgan fingerprint density at radius 2 is 1.83 bits per heavy atom. The number of ketones is 1. The number of methoxy groups -OCH3 is 2. The minimum absolute atomic E-state index is 0.157. The quantitative estimate of drug-likeness (QED) is 0.711. The lowest BCUT2D eigenvalue weighted by atomic mass is 9.85. The molecule has 7 nitrogen and oxygen atoms in total. The lowest BCUT2D eigenvalue weighted by molar-refractivity contribution is -0.116. The number of allylic oxidation sites excluding steroid dienone is 2. The molecule has 7 heteroatoms. The second-order valence-corrected chi connectivity index (χ2v) is 7.37. The van der Waals surface area contributed by atoms with Gasteiger partial charge in [-0.2, -0.15) is 4.98 Å². The normalized spacial score (nSPS) is 17.8. The highest BCUT2D eigenvalue weighted by molar-refractivity contribution is 5.99. The van der Waals surface area contributed by atoms with Crippen molar-refractivity contribution in [1.29, 1.82) is 0 Å². The van der Waals surface area contributed by atoms with Crippen molar-refractivity contribution in [3.8, 4) is 22.9 Å². The molecule has 1 aliphatic heterocycles. The van der Waals surface area contributed by atoms with E-state index in [1.807, 2.05) is 53.2 Å². The standard InChI is InChI=1S/C23H22N4O3/c1-29-15-12-10-14(11-13-15)21-20-17(7-5-8-18(20)28)24-23-25-22(26-27(21)23)16-6-3-4-9-19(16)30-2/h3-4,6,9-13,21H,5,7-8H2,1-2H3,(H,24,25,26)/t21-/m1/s1. The SMILES string of the molecule is COc1ccc([C@@H]2C3=C(CCCC3=O)Nc3nc(-c4ccccc4OC)nn32)cc1. The molecule has 152 valence electrons. The Bertz CT molecular complexity index is 1150. The molecule has 2 heterocycles. The van der Waals surface area contributed by atoms with Gasteiger partial charge in [0.15, 0.2) is 11.6 Å². The Hall–Kier alpha value is -3.61. The first-order chi connectivity index (χ1) is 14.7. The summed E-state index contributed by atoms with van der Waals surface area (Å²) in [6.45, 7) is 0. The maximum Gasteiger partial charge on any atom is 0.226 e. The van der Waals surface area contributed by atoms with Gasteiger partial charge in [-0.1, -0.05) is 24.3 Å². The molecular formula is C23H22N4O3. The highest BCUT2D eigenvalue weighted by Gasteiger charge is 2.37. The molecule has 30 heavy (non-hydrogen) atoms. The van der Waals surface area contributed by atoms with Gasteiger partial charge in [-0.05, 0) is 42.7 Å². The second-order valence-electron chi connectivity index (χ2n) is 7.37. The van der Waals surface area contributed by atoms with E-state index in [0.717, 1.165) is 41.0 Å². The number of aromatic nitrogens is 3. The summed E-state index contributed by atoms with van der Waals surface area (Å²) in [6.07, 6.45) is 2.22. The highest BCUT2D eigenvalue weighted by atomic mass is 16.5. The maximum absolute atomic E-state index is 12.9. The van der Waals surface area contributed by atoms with E-state index in [0.29, 0.717) is 23.9 Å². The van der Waals surface area contributed by atoms with Gasteiger partial charge in [-0.25, -0.2) is 4.68 Å². The largest absolute Gasteiger partial charge is 0.497 e. The first-order valence-corrected chi connectivity index (χ1v) is 9.96. The van der Waals surface area contributed by atoms with E-state index in [9.17, 15) is 4.79 Å². The van der Waals surface area contributed by atoms with Crippen molar-refractivity contribution >= 4 is 11.7 Å². The van der Waals surface area contributed by atoms with Crippen LogP contribution in [-0.2, 0) is 4.79 Å². The summed E-state index contributed by atoms with van der Waals surface area (Å²) >= 11 is 0. The molecule has 1 atom stereocenters. The zero-order valence-electron chi connectivity index (χ0n) is 16.9. The van der Waals surface area contributed by atoms with Crippen LogP contribution in [0.1, 0.15) is 30.9 Å². The van der Waals surface area contributed by atoms with Gasteiger partial charge in [0.2, 0.25) is 5.95 Å². The maximum atomic E-state index is 12.9. The van der Waals surface area contributed by atoms with E-state index >= 15 is 0 Å². The molecule has 1 N–H and O–H groups in total. The number of Topliss-reactive ketones (excluding diaryl/α,β-unsaturated/α-hetero) is 1. The zero-order valence-corrected chi connectivity index (χ0v) is 16.9. The van der Waals surface area contributed by atoms with Crippen LogP contribution in [0.4, 0.5) is 5.95 Å². The van der Waals surface area contributed by atoms with Gasteiger partial charge < -0.3 is 14.8 Å². The van der Waals surface area contributed by atoms with E-state index in [2.05, 4.69) is 5.32 Å². The van der Waals surface area contributed by atoms with Gasteiger partial charge in [0.1, 0.15) is 17.5 Å². The number of anilines is 1. The van der Waals surface area contributed by atoms with Crippen LogP contribution in [-0.4, -0.2) is 34.8 Å². The van der Waals surface area contributed by atoms with E-state index in [4.69, 9.17) is 19.6 Å². The van der Waals surface area contributed by atoms with E-state index in [1.54, 1.807) is 14.2 Å². The molecule has 1 aromatic heterocycles. The number of ether oxygens (including phenoxy) is 2. The van der Waals surface area contributed by atoms with Crippen molar-refractivity contribution in [3.05, 3.63) is 65.4 Å². The van der Waals surface area contributed by atoms with Crippen molar-refractivity contribution in [1.82, 2.24) is 14.8 Å². The monoisotopic (exact) mass is 402 g/mol. The third kappa shape index (κ3) is 2.94. The average molecular weight is 402 g/mol. The van der Waals surface area contributed by atoms with Crippen molar-refractivity contribution in [2.45, 2.75) is 25.3 Å². The van der Waals surface area contributed by atoms with Crippen molar-refractivity contribution in [3.63, 3.8) is 0 Å². The van der Waals surface area contributed by atoms with Gasteiger partial charge in [-0.3, -0.25) is 4.79 Å². The summed E-state index contributed by atoms with van der Waals surface area (Å²) in [6, 6.07) is 15.1. The van der Waals surface area contributed by atoms with Gasteiger partial charge >= 0.3 is 0 Å². The zero-order chi connectivity index (χ0) is 20.7. The number of rotatable bonds is 4. The van der Waals surface area contributed by atoms with Gasteiger partial charge in [0, 0.05) is 17.7 Å². The lowest BCUT2D eigenvalue weighted by Crippen LogP contribution is -2.31. The molecule has 0 spiro atoms. The Balaban J connectivity index is 1.66. The molecule has 0 radical (unpaired) electrons. The number of nitrogens with zero attached hydrogens (tertiary/aromatic N) is 3. The van der Waals surface area contributed by atoms with Crippen LogP contribution in [0.5, 0.6) is 11.5 Å². The molecule has 0 fully saturated rings. The molecule has 0 saturated carbocycles. The Morgan fingerprint density at radius 1 is 1.03 bits per heavy atom. The van der Waals surface area contributed by atoms with Crippen LogP contribution in [0, 0.1) is 0 Å². The highest BCUT2D eigenvalue weighted by Crippen LogP contribution is 2.41. The molecule has 1 aliphatic carbocycles. The molecule has 2 aromatic carbocycles. The summed E-state index contributed by atoms with van der Waals surface area (Å²) in [5.41, 5.74) is 3.49.